The molecule has 1 fully saturated rings. The van der Waals surface area contributed by atoms with Gasteiger partial charge in [0.25, 0.3) is 0 Å². The van der Waals surface area contributed by atoms with Gasteiger partial charge in [-0.1, -0.05) is 0 Å². The van der Waals surface area contributed by atoms with Crippen LogP contribution in [0.5, 0.6) is 0 Å². The average Bonchev–Trinajstić information content (AvgIpc) is 2.87. The molecular formula is C12H13F2N5. The molecule has 4 atom stereocenters. The molecule has 1 aromatic heterocycles. The first-order valence-corrected chi connectivity index (χ1v) is 6.21. The van der Waals surface area contributed by atoms with E-state index < -0.39 is 18.2 Å². The molecular weight excluding hydrogens is 252 g/mol. The number of rotatable bonds is 1. The molecule has 5 N–H and O–H groups in total. The molecule has 100 valence electrons. The molecule has 0 radical (unpaired) electrons. The maximum absolute atomic E-state index is 13.7. The van der Waals surface area contributed by atoms with Crippen LogP contribution < -0.4 is 16.4 Å². The summed E-state index contributed by atoms with van der Waals surface area (Å²) in [4.78, 5) is 7.16. The van der Waals surface area contributed by atoms with E-state index in [4.69, 9.17) is 5.73 Å². The minimum Gasteiger partial charge on any atom is -0.383 e. The highest BCUT2D eigenvalue weighted by Gasteiger charge is 2.56. The number of fused-ring (bicyclic) bond motifs is 3. The Kier molecular flexibility index (Phi) is 1.99. The molecule has 1 aromatic rings. The molecule has 0 bridgehead atoms. The summed E-state index contributed by atoms with van der Waals surface area (Å²) in [5, 5.41) is 5.96. The Balaban J connectivity index is 1.71. The Morgan fingerprint density at radius 1 is 1.42 bits per heavy atom. The number of alkyl halides is 1. The zero-order valence-corrected chi connectivity index (χ0v) is 9.95. The third-order valence-electron chi connectivity index (χ3n) is 4.05. The average molecular weight is 265 g/mol. The van der Waals surface area contributed by atoms with Crippen molar-refractivity contribution in [3.63, 3.8) is 0 Å². The van der Waals surface area contributed by atoms with E-state index >= 15 is 0 Å². The Hall–Kier alpha value is -2.05. The largest absolute Gasteiger partial charge is 0.383 e. The van der Waals surface area contributed by atoms with Crippen molar-refractivity contribution in [2.24, 2.45) is 16.6 Å². The third kappa shape index (κ3) is 1.41. The first kappa shape index (κ1) is 10.8. The fraction of sp³-hybridized carbons (Fsp3) is 0.417. The lowest BCUT2D eigenvalue weighted by atomic mass is 10.0. The number of halogens is 2. The molecule has 2 aliphatic heterocycles. The van der Waals surface area contributed by atoms with Crippen LogP contribution >= 0.6 is 0 Å². The van der Waals surface area contributed by atoms with E-state index in [1.807, 2.05) is 0 Å². The van der Waals surface area contributed by atoms with E-state index in [1.54, 1.807) is 6.20 Å². The zero-order valence-electron chi connectivity index (χ0n) is 9.95. The number of allylic oxidation sites excluding steroid dienone is 1. The van der Waals surface area contributed by atoms with Gasteiger partial charge in [-0.3, -0.25) is 4.99 Å². The van der Waals surface area contributed by atoms with Crippen LogP contribution in [-0.4, -0.2) is 23.9 Å². The highest BCUT2D eigenvalue weighted by molar-refractivity contribution is 5.78. The minimum atomic E-state index is -0.805. The van der Waals surface area contributed by atoms with Gasteiger partial charge >= 0.3 is 0 Å². The third-order valence-corrected chi connectivity index (χ3v) is 4.05. The Labute approximate surface area is 108 Å². The van der Waals surface area contributed by atoms with E-state index in [0.717, 1.165) is 23.2 Å². The van der Waals surface area contributed by atoms with Gasteiger partial charge < -0.3 is 21.4 Å². The number of aliphatic imine (C=N–C) groups is 1. The van der Waals surface area contributed by atoms with E-state index in [1.165, 1.54) is 0 Å². The van der Waals surface area contributed by atoms with Gasteiger partial charge in [-0.15, -0.1) is 0 Å². The molecule has 2 unspecified atom stereocenters. The number of H-pyrrole nitrogens is 1. The van der Waals surface area contributed by atoms with E-state index in [9.17, 15) is 8.78 Å². The normalized spacial score (nSPS) is 35.3. The van der Waals surface area contributed by atoms with Crippen molar-refractivity contribution in [3.05, 3.63) is 29.0 Å². The molecule has 5 nitrogen and oxygen atoms in total. The maximum atomic E-state index is 13.7. The molecule has 0 saturated heterocycles. The fourth-order valence-corrected chi connectivity index (χ4v) is 2.97. The molecule has 1 aliphatic carbocycles. The fourth-order valence-electron chi connectivity index (χ4n) is 2.97. The second-order valence-corrected chi connectivity index (χ2v) is 5.13. The monoisotopic (exact) mass is 265 g/mol. The first-order chi connectivity index (χ1) is 9.16. The summed E-state index contributed by atoms with van der Waals surface area (Å²) in [6, 6.07) is 0. The van der Waals surface area contributed by atoms with Crippen LogP contribution in [0.3, 0.4) is 0 Å². The molecule has 0 spiro atoms. The van der Waals surface area contributed by atoms with E-state index in [-0.39, 0.29) is 17.7 Å². The van der Waals surface area contributed by atoms with Crippen molar-refractivity contribution in [1.82, 2.24) is 10.3 Å². The van der Waals surface area contributed by atoms with Crippen LogP contribution in [0.4, 0.5) is 14.6 Å². The van der Waals surface area contributed by atoms with Crippen molar-refractivity contribution in [2.75, 3.05) is 11.9 Å². The van der Waals surface area contributed by atoms with Gasteiger partial charge in [0, 0.05) is 35.7 Å². The van der Waals surface area contributed by atoms with Crippen LogP contribution in [0.1, 0.15) is 23.2 Å². The molecule has 3 heterocycles. The number of hydrogen-bond donors (Lipinski definition) is 4. The molecule has 19 heavy (non-hydrogen) atoms. The molecule has 4 rings (SSSR count). The summed E-state index contributed by atoms with van der Waals surface area (Å²) in [5.41, 5.74) is 7.26. The van der Waals surface area contributed by atoms with Crippen LogP contribution in [-0.2, 0) is 0 Å². The first-order valence-electron chi connectivity index (χ1n) is 6.21. The maximum Gasteiger partial charge on any atom is 0.180 e. The molecule has 0 amide bonds. The molecule has 7 heteroatoms. The summed E-state index contributed by atoms with van der Waals surface area (Å²) in [6.45, 7) is 0.650. The topological polar surface area (TPSA) is 78.2 Å². The zero-order chi connectivity index (χ0) is 13.1. The van der Waals surface area contributed by atoms with Crippen molar-refractivity contribution in [2.45, 2.75) is 18.3 Å². The van der Waals surface area contributed by atoms with Gasteiger partial charge in [-0.2, -0.15) is 0 Å². The van der Waals surface area contributed by atoms with Crippen molar-refractivity contribution >= 4 is 12.0 Å². The molecule has 1 saturated carbocycles. The number of hydrogen-bond acceptors (Lipinski definition) is 4. The van der Waals surface area contributed by atoms with Crippen LogP contribution in [0.25, 0.3) is 0 Å². The lowest BCUT2D eigenvalue weighted by Gasteiger charge is -2.21. The SMILES string of the molecule is NC1=C(F)C=NC(c2c[nH]c3c2C2[C@@H](F)[C@H]2CN3)N1. The van der Waals surface area contributed by atoms with Gasteiger partial charge in [0.15, 0.2) is 5.83 Å². The smallest absolute Gasteiger partial charge is 0.180 e. The number of nitrogens with two attached hydrogens (primary N) is 1. The highest BCUT2D eigenvalue weighted by atomic mass is 19.1. The van der Waals surface area contributed by atoms with Crippen molar-refractivity contribution in [3.8, 4) is 0 Å². The van der Waals surface area contributed by atoms with Gasteiger partial charge in [0.1, 0.15) is 24.0 Å². The summed E-state index contributed by atoms with van der Waals surface area (Å²) in [7, 11) is 0. The standard InChI is InChI=1S/C12H13F2N5/c13-6-3-18-11(19-10(6)15)5-2-17-12-8(5)7-4(1-16-12)9(7)14/h2-4,7,9,11,16-17,19H,1,15H2/t4-,7?,9-,11?/m0/s1. The number of aromatic amines is 1. The van der Waals surface area contributed by atoms with Crippen molar-refractivity contribution < 1.29 is 8.78 Å². The number of aromatic nitrogens is 1. The second kappa shape index (κ2) is 3.49. The predicted molar refractivity (Wildman–Crippen MR) is 67.1 cm³/mol. The molecule has 3 aliphatic rings. The Bertz CT molecular complexity index is 605. The predicted octanol–water partition coefficient (Wildman–Crippen LogP) is 1.26. The van der Waals surface area contributed by atoms with Gasteiger partial charge in [0.2, 0.25) is 0 Å². The van der Waals surface area contributed by atoms with Crippen LogP contribution in [0.15, 0.2) is 22.8 Å². The van der Waals surface area contributed by atoms with E-state index in [2.05, 4.69) is 20.6 Å². The Morgan fingerprint density at radius 3 is 3.05 bits per heavy atom. The number of nitrogens with zero attached hydrogens (tertiary/aromatic N) is 1. The minimum absolute atomic E-state index is 0.0390. The van der Waals surface area contributed by atoms with Crippen molar-refractivity contribution in [1.29, 1.82) is 0 Å². The summed E-state index contributed by atoms with van der Waals surface area (Å²) < 4.78 is 26.9. The second-order valence-electron chi connectivity index (χ2n) is 5.13. The highest BCUT2D eigenvalue weighted by Crippen LogP contribution is 2.56. The number of anilines is 1. The summed E-state index contributed by atoms with van der Waals surface area (Å²) in [5.74, 6) is 0.182. The van der Waals surface area contributed by atoms with Crippen LogP contribution in [0, 0.1) is 5.92 Å². The van der Waals surface area contributed by atoms with Gasteiger partial charge in [-0.25, -0.2) is 8.78 Å². The van der Waals surface area contributed by atoms with Gasteiger partial charge in [0.05, 0.1) is 6.21 Å². The van der Waals surface area contributed by atoms with Crippen LogP contribution in [0.2, 0.25) is 0 Å². The summed E-state index contributed by atoms with van der Waals surface area (Å²) >= 11 is 0. The Morgan fingerprint density at radius 2 is 2.26 bits per heavy atom. The lowest BCUT2D eigenvalue weighted by molar-refractivity contribution is 0.446. The quantitative estimate of drug-likeness (QED) is 0.617. The molecule has 0 aromatic carbocycles. The van der Waals surface area contributed by atoms with Gasteiger partial charge in [-0.05, 0) is 0 Å². The number of nitrogens with one attached hydrogen (secondary N) is 3. The van der Waals surface area contributed by atoms with E-state index in [0.29, 0.717) is 6.54 Å². The lowest BCUT2D eigenvalue weighted by Crippen LogP contribution is -2.29. The summed E-state index contributed by atoms with van der Waals surface area (Å²) in [6.07, 6.45) is 1.61.